The Morgan fingerprint density at radius 1 is 1.12 bits per heavy atom. The molecule has 0 radical (unpaired) electrons. The summed E-state index contributed by atoms with van der Waals surface area (Å²) in [5.41, 5.74) is 4.71. The molecule has 1 saturated heterocycles. The maximum absolute atomic E-state index is 4.31. The fraction of sp³-hybridized carbons (Fsp3) is 0.286. The van der Waals surface area contributed by atoms with Gasteiger partial charge in [-0.25, -0.2) is 0 Å². The number of rotatable bonds is 7. The summed E-state index contributed by atoms with van der Waals surface area (Å²) in [5.74, 6) is 0. The van der Waals surface area contributed by atoms with E-state index < -0.39 is 0 Å². The molecule has 3 nitrogen and oxygen atoms in total. The molecule has 1 fully saturated rings. The van der Waals surface area contributed by atoms with E-state index >= 15 is 0 Å². The lowest BCUT2D eigenvalue weighted by Gasteiger charge is -2.30. The first-order valence-corrected chi connectivity index (χ1v) is 8.54. The smallest absolute Gasteiger partial charge is 0.0680 e. The Hall–Kier alpha value is -2.55. The molecular formula is C21H25N3. The second-order valence-electron chi connectivity index (χ2n) is 6.32. The van der Waals surface area contributed by atoms with E-state index in [-0.39, 0.29) is 0 Å². The Kier molecular flexibility index (Phi) is 5.32. The first-order valence-electron chi connectivity index (χ1n) is 8.54. The summed E-state index contributed by atoms with van der Waals surface area (Å²) in [6, 6.07) is 14.9. The van der Waals surface area contributed by atoms with E-state index in [1.165, 1.54) is 17.5 Å². The fourth-order valence-corrected chi connectivity index (χ4v) is 3.28. The Labute approximate surface area is 144 Å². The predicted octanol–water partition coefficient (Wildman–Crippen LogP) is 3.91. The highest BCUT2D eigenvalue weighted by molar-refractivity contribution is 5.21. The van der Waals surface area contributed by atoms with E-state index in [2.05, 4.69) is 58.7 Å². The minimum atomic E-state index is 0.331. The van der Waals surface area contributed by atoms with Crippen LogP contribution in [-0.2, 0) is 13.0 Å². The van der Waals surface area contributed by atoms with Gasteiger partial charge >= 0.3 is 0 Å². The standard InChI is InChI=1S/C21H25N3/c1-17(14-20-10-6-12-22-15-20)24-13-7-11-21(24)18(2)23-16-19-8-4-3-5-9-19/h3-6,8-10,12,15,21,23H,1-2,7,11,13-14,16H2. The highest BCUT2D eigenvalue weighted by Gasteiger charge is 2.27. The van der Waals surface area contributed by atoms with Crippen molar-refractivity contribution in [1.29, 1.82) is 0 Å². The van der Waals surface area contributed by atoms with Gasteiger partial charge in [-0.2, -0.15) is 0 Å². The van der Waals surface area contributed by atoms with E-state index in [0.717, 1.165) is 37.3 Å². The summed E-state index contributed by atoms with van der Waals surface area (Å²) in [7, 11) is 0. The van der Waals surface area contributed by atoms with Gasteiger partial charge in [0.25, 0.3) is 0 Å². The van der Waals surface area contributed by atoms with Crippen LogP contribution in [0.2, 0.25) is 0 Å². The molecule has 0 saturated carbocycles. The zero-order valence-corrected chi connectivity index (χ0v) is 14.1. The minimum Gasteiger partial charge on any atom is -0.383 e. The van der Waals surface area contributed by atoms with Gasteiger partial charge in [-0.1, -0.05) is 49.6 Å². The van der Waals surface area contributed by atoms with Crippen LogP contribution in [0.25, 0.3) is 0 Å². The normalized spacial score (nSPS) is 16.8. The van der Waals surface area contributed by atoms with Gasteiger partial charge in [0.05, 0.1) is 6.04 Å². The number of aromatic nitrogens is 1. The molecule has 1 unspecified atom stereocenters. The van der Waals surface area contributed by atoms with Crippen molar-refractivity contribution in [2.75, 3.05) is 6.54 Å². The molecule has 1 atom stereocenters. The number of benzene rings is 1. The van der Waals surface area contributed by atoms with Crippen molar-refractivity contribution in [3.05, 3.63) is 90.5 Å². The fourth-order valence-electron chi connectivity index (χ4n) is 3.28. The van der Waals surface area contributed by atoms with Gasteiger partial charge in [-0.3, -0.25) is 4.98 Å². The number of pyridine rings is 1. The van der Waals surface area contributed by atoms with Gasteiger partial charge in [0, 0.05) is 43.3 Å². The lowest BCUT2D eigenvalue weighted by atomic mass is 10.1. The van der Waals surface area contributed by atoms with Crippen LogP contribution in [0.5, 0.6) is 0 Å². The summed E-state index contributed by atoms with van der Waals surface area (Å²) in [5, 5.41) is 3.50. The number of hydrogen-bond donors (Lipinski definition) is 1. The molecule has 1 N–H and O–H groups in total. The number of nitrogens with one attached hydrogen (secondary N) is 1. The maximum Gasteiger partial charge on any atom is 0.0680 e. The third-order valence-electron chi connectivity index (χ3n) is 4.55. The number of nitrogens with zero attached hydrogens (tertiary/aromatic N) is 2. The number of hydrogen-bond acceptors (Lipinski definition) is 3. The zero-order valence-electron chi connectivity index (χ0n) is 14.1. The predicted molar refractivity (Wildman–Crippen MR) is 99.2 cm³/mol. The Morgan fingerprint density at radius 2 is 1.92 bits per heavy atom. The first-order chi connectivity index (χ1) is 11.7. The van der Waals surface area contributed by atoms with E-state index in [1.807, 2.05) is 18.3 Å². The first kappa shape index (κ1) is 16.3. The summed E-state index contributed by atoms with van der Waals surface area (Å²) in [4.78, 5) is 6.59. The van der Waals surface area contributed by atoms with Crippen molar-refractivity contribution in [3.8, 4) is 0 Å². The van der Waals surface area contributed by atoms with Gasteiger partial charge < -0.3 is 10.2 Å². The van der Waals surface area contributed by atoms with Crippen LogP contribution in [-0.4, -0.2) is 22.5 Å². The van der Waals surface area contributed by atoms with Gasteiger partial charge in [-0.05, 0) is 30.0 Å². The summed E-state index contributed by atoms with van der Waals surface area (Å²) in [6.45, 7) is 10.5. The zero-order chi connectivity index (χ0) is 16.8. The average Bonchev–Trinajstić information content (AvgIpc) is 3.11. The van der Waals surface area contributed by atoms with Gasteiger partial charge in [0.15, 0.2) is 0 Å². The molecule has 0 amide bonds. The van der Waals surface area contributed by atoms with Gasteiger partial charge in [-0.15, -0.1) is 0 Å². The maximum atomic E-state index is 4.31. The van der Waals surface area contributed by atoms with E-state index in [9.17, 15) is 0 Å². The summed E-state index contributed by atoms with van der Waals surface area (Å²) < 4.78 is 0. The monoisotopic (exact) mass is 319 g/mol. The minimum absolute atomic E-state index is 0.331. The Morgan fingerprint density at radius 3 is 2.67 bits per heavy atom. The molecule has 0 bridgehead atoms. The highest BCUT2D eigenvalue weighted by Crippen LogP contribution is 2.27. The molecule has 2 aromatic rings. The third kappa shape index (κ3) is 4.05. The lowest BCUT2D eigenvalue weighted by molar-refractivity contribution is 0.337. The van der Waals surface area contributed by atoms with Crippen LogP contribution >= 0.6 is 0 Å². The molecule has 1 aliphatic heterocycles. The molecule has 1 aromatic carbocycles. The molecule has 124 valence electrons. The summed E-state index contributed by atoms with van der Waals surface area (Å²) >= 11 is 0. The van der Waals surface area contributed by atoms with Crippen molar-refractivity contribution in [1.82, 2.24) is 15.2 Å². The third-order valence-corrected chi connectivity index (χ3v) is 4.55. The Bertz CT molecular complexity index is 679. The molecule has 24 heavy (non-hydrogen) atoms. The lowest BCUT2D eigenvalue weighted by Crippen LogP contribution is -2.35. The quantitative estimate of drug-likeness (QED) is 0.839. The molecule has 3 rings (SSSR count). The van der Waals surface area contributed by atoms with E-state index in [4.69, 9.17) is 0 Å². The highest BCUT2D eigenvalue weighted by atomic mass is 15.2. The number of likely N-dealkylation sites (tertiary alicyclic amines) is 1. The molecule has 1 aliphatic rings. The van der Waals surface area contributed by atoms with Crippen molar-refractivity contribution >= 4 is 0 Å². The van der Waals surface area contributed by atoms with Gasteiger partial charge in [0.1, 0.15) is 0 Å². The topological polar surface area (TPSA) is 28.2 Å². The molecule has 3 heteroatoms. The second-order valence-corrected chi connectivity index (χ2v) is 6.32. The van der Waals surface area contributed by atoms with Crippen LogP contribution in [0, 0.1) is 0 Å². The average molecular weight is 319 g/mol. The molecule has 0 spiro atoms. The van der Waals surface area contributed by atoms with E-state index in [1.54, 1.807) is 6.20 Å². The molecule has 1 aromatic heterocycles. The molecule has 2 heterocycles. The van der Waals surface area contributed by atoms with Crippen molar-refractivity contribution in [2.24, 2.45) is 0 Å². The van der Waals surface area contributed by atoms with Crippen molar-refractivity contribution in [3.63, 3.8) is 0 Å². The van der Waals surface area contributed by atoms with Crippen molar-refractivity contribution in [2.45, 2.75) is 31.8 Å². The Balaban J connectivity index is 1.58. The van der Waals surface area contributed by atoms with Crippen LogP contribution in [0.4, 0.5) is 0 Å². The second kappa shape index (κ2) is 7.82. The van der Waals surface area contributed by atoms with Crippen LogP contribution in [0.3, 0.4) is 0 Å². The van der Waals surface area contributed by atoms with Gasteiger partial charge in [0.2, 0.25) is 0 Å². The van der Waals surface area contributed by atoms with Crippen LogP contribution in [0.1, 0.15) is 24.0 Å². The van der Waals surface area contributed by atoms with E-state index in [0.29, 0.717) is 6.04 Å². The van der Waals surface area contributed by atoms with Crippen LogP contribution < -0.4 is 5.32 Å². The molecular weight excluding hydrogens is 294 g/mol. The molecule has 0 aliphatic carbocycles. The SMILES string of the molecule is C=C(NCc1ccccc1)C1CCCN1C(=C)Cc1cccnc1. The van der Waals surface area contributed by atoms with Crippen LogP contribution in [0.15, 0.2) is 79.4 Å². The van der Waals surface area contributed by atoms with Crippen molar-refractivity contribution < 1.29 is 0 Å². The summed E-state index contributed by atoms with van der Waals surface area (Å²) in [6.07, 6.45) is 6.88. The largest absolute Gasteiger partial charge is 0.383 e. The number of allylic oxidation sites excluding steroid dienone is 1.